The van der Waals surface area contributed by atoms with Gasteiger partial charge in [-0.25, -0.2) is 0 Å². The molecule has 1 aromatic rings. The summed E-state index contributed by atoms with van der Waals surface area (Å²) in [5.41, 5.74) is -0.290. The van der Waals surface area contributed by atoms with Gasteiger partial charge in [-0.15, -0.1) is 18.3 Å². The number of hydrogen-bond donors (Lipinski definition) is 2. The van der Waals surface area contributed by atoms with E-state index in [1.165, 1.54) is 17.8 Å². The van der Waals surface area contributed by atoms with Crippen molar-refractivity contribution < 1.29 is 5.11 Å². The summed E-state index contributed by atoms with van der Waals surface area (Å²) in [6.07, 6.45) is 1.73. The average molecular weight is 183 g/mol. The van der Waals surface area contributed by atoms with Crippen molar-refractivity contribution >= 4 is 11.8 Å². The van der Waals surface area contributed by atoms with Gasteiger partial charge in [0.15, 0.2) is 0 Å². The van der Waals surface area contributed by atoms with Crippen LogP contribution in [0, 0.1) is 0 Å². The Morgan fingerprint density at radius 2 is 2.42 bits per heavy atom. The molecule has 12 heavy (non-hydrogen) atoms. The Labute approximate surface area is 74.1 Å². The highest BCUT2D eigenvalue weighted by atomic mass is 32.2. The Morgan fingerprint density at radius 1 is 1.67 bits per heavy atom. The largest absolute Gasteiger partial charge is 0.508 e. The molecule has 3 nitrogen and oxygen atoms in total. The number of H-pyrrole nitrogens is 1. The van der Waals surface area contributed by atoms with Gasteiger partial charge in [-0.05, 0) is 0 Å². The molecule has 64 valence electrons. The van der Waals surface area contributed by atoms with Crippen LogP contribution in [-0.2, 0) is 0 Å². The van der Waals surface area contributed by atoms with Gasteiger partial charge in [0.2, 0.25) is 0 Å². The average Bonchev–Trinajstić information content (AvgIpc) is 1.99. The molecule has 0 bridgehead atoms. The topological polar surface area (TPSA) is 53.1 Å². The van der Waals surface area contributed by atoms with Crippen LogP contribution >= 0.6 is 11.8 Å². The number of pyridine rings is 1. The molecule has 0 saturated heterocycles. The van der Waals surface area contributed by atoms with Crippen molar-refractivity contribution in [1.29, 1.82) is 0 Å². The molecule has 0 aliphatic heterocycles. The third-order valence-electron chi connectivity index (χ3n) is 1.16. The lowest BCUT2D eigenvalue weighted by Crippen LogP contribution is -2.03. The highest BCUT2D eigenvalue weighted by molar-refractivity contribution is 7.99. The van der Waals surface area contributed by atoms with E-state index in [1.807, 2.05) is 0 Å². The number of aromatic nitrogens is 1. The van der Waals surface area contributed by atoms with Gasteiger partial charge in [0.25, 0.3) is 5.56 Å². The van der Waals surface area contributed by atoms with Crippen molar-refractivity contribution in [3.63, 3.8) is 0 Å². The van der Waals surface area contributed by atoms with Gasteiger partial charge in [0, 0.05) is 17.9 Å². The van der Waals surface area contributed by atoms with Gasteiger partial charge < -0.3 is 10.1 Å². The molecule has 1 rings (SSSR count). The van der Waals surface area contributed by atoms with E-state index in [0.717, 1.165) is 6.07 Å². The van der Waals surface area contributed by atoms with Gasteiger partial charge >= 0.3 is 0 Å². The Hall–Kier alpha value is -1.16. The molecule has 0 amide bonds. The zero-order chi connectivity index (χ0) is 8.97. The van der Waals surface area contributed by atoms with Crippen LogP contribution in [0.4, 0.5) is 0 Å². The van der Waals surface area contributed by atoms with Crippen molar-refractivity contribution in [3.8, 4) is 5.75 Å². The minimum absolute atomic E-state index is 0.00897. The molecule has 1 heterocycles. The van der Waals surface area contributed by atoms with E-state index >= 15 is 0 Å². The summed E-state index contributed by atoms with van der Waals surface area (Å²) in [6.45, 7) is 3.55. The first-order valence-corrected chi connectivity index (χ1v) is 4.38. The number of aromatic hydroxyl groups is 1. The standard InChI is InChI=1S/C8H9NO2S/c1-2-3-12-8-5-6(10)4-7(11)9-8/h2,4-5H,1,3H2,(H2,9,10,11). The number of rotatable bonds is 3. The van der Waals surface area contributed by atoms with Gasteiger partial charge in [-0.1, -0.05) is 6.08 Å². The van der Waals surface area contributed by atoms with Crippen LogP contribution in [0.25, 0.3) is 0 Å². The summed E-state index contributed by atoms with van der Waals surface area (Å²) in [6, 6.07) is 2.65. The van der Waals surface area contributed by atoms with Crippen molar-refractivity contribution in [2.24, 2.45) is 0 Å². The molecule has 2 N–H and O–H groups in total. The van der Waals surface area contributed by atoms with Crippen molar-refractivity contribution in [3.05, 3.63) is 35.1 Å². The summed E-state index contributed by atoms with van der Waals surface area (Å²) >= 11 is 1.42. The first kappa shape index (κ1) is 8.93. The van der Waals surface area contributed by atoms with Crippen LogP contribution in [0.5, 0.6) is 5.75 Å². The van der Waals surface area contributed by atoms with E-state index in [0.29, 0.717) is 10.8 Å². The van der Waals surface area contributed by atoms with Gasteiger partial charge in [0.05, 0.1) is 5.03 Å². The zero-order valence-electron chi connectivity index (χ0n) is 6.41. The molecule has 0 aliphatic rings. The Kier molecular flexibility index (Phi) is 2.99. The second kappa shape index (κ2) is 4.01. The molecule has 0 radical (unpaired) electrons. The number of hydrogen-bond acceptors (Lipinski definition) is 3. The van der Waals surface area contributed by atoms with Crippen LogP contribution in [0.2, 0.25) is 0 Å². The van der Waals surface area contributed by atoms with E-state index in [-0.39, 0.29) is 11.3 Å². The fourth-order valence-electron chi connectivity index (χ4n) is 0.730. The van der Waals surface area contributed by atoms with Gasteiger partial charge in [0.1, 0.15) is 5.75 Å². The molecule has 0 aromatic carbocycles. The van der Waals surface area contributed by atoms with E-state index in [1.54, 1.807) is 6.08 Å². The fourth-order valence-corrected chi connectivity index (χ4v) is 1.40. The monoisotopic (exact) mass is 183 g/mol. The summed E-state index contributed by atoms with van der Waals surface area (Å²) < 4.78 is 0. The number of thioether (sulfide) groups is 1. The van der Waals surface area contributed by atoms with Crippen LogP contribution in [-0.4, -0.2) is 15.8 Å². The number of aromatic amines is 1. The smallest absolute Gasteiger partial charge is 0.252 e. The van der Waals surface area contributed by atoms with Crippen LogP contribution in [0.15, 0.2) is 34.6 Å². The lowest BCUT2D eigenvalue weighted by Gasteiger charge is -1.97. The maximum absolute atomic E-state index is 10.8. The maximum Gasteiger partial charge on any atom is 0.252 e. The first-order chi connectivity index (χ1) is 5.72. The minimum Gasteiger partial charge on any atom is -0.508 e. The molecule has 0 aliphatic carbocycles. The lowest BCUT2D eigenvalue weighted by molar-refractivity contribution is 0.471. The highest BCUT2D eigenvalue weighted by Crippen LogP contribution is 2.17. The predicted octanol–water partition coefficient (Wildman–Crippen LogP) is 1.36. The highest BCUT2D eigenvalue weighted by Gasteiger charge is 1.96. The summed E-state index contributed by atoms with van der Waals surface area (Å²) in [7, 11) is 0. The van der Waals surface area contributed by atoms with Gasteiger partial charge in [-0.2, -0.15) is 0 Å². The maximum atomic E-state index is 10.8. The molecule has 0 spiro atoms. The fraction of sp³-hybridized carbons (Fsp3) is 0.125. The Bertz CT molecular complexity index is 332. The number of nitrogens with one attached hydrogen (secondary N) is 1. The van der Waals surface area contributed by atoms with E-state index in [4.69, 9.17) is 5.11 Å². The van der Waals surface area contributed by atoms with Crippen molar-refractivity contribution in [2.45, 2.75) is 5.03 Å². The second-order valence-corrected chi connectivity index (χ2v) is 3.23. The molecule has 0 unspecified atom stereocenters. The molecular weight excluding hydrogens is 174 g/mol. The predicted molar refractivity (Wildman–Crippen MR) is 49.6 cm³/mol. The third-order valence-corrected chi connectivity index (χ3v) is 2.09. The summed E-state index contributed by atoms with van der Waals surface area (Å²) in [5.74, 6) is 0.699. The molecular formula is C8H9NO2S. The molecule has 1 aromatic heterocycles. The molecule has 0 fully saturated rings. The third kappa shape index (κ3) is 2.47. The second-order valence-electron chi connectivity index (χ2n) is 2.17. The van der Waals surface area contributed by atoms with Gasteiger partial charge in [-0.3, -0.25) is 4.79 Å². The van der Waals surface area contributed by atoms with Crippen LogP contribution in [0.3, 0.4) is 0 Å². The molecule has 0 saturated carbocycles. The first-order valence-electron chi connectivity index (χ1n) is 3.39. The molecule has 0 atom stereocenters. The summed E-state index contributed by atoms with van der Waals surface area (Å²) in [5, 5.41) is 9.69. The van der Waals surface area contributed by atoms with Crippen molar-refractivity contribution in [2.75, 3.05) is 5.75 Å². The SMILES string of the molecule is C=CCSc1cc(O)cc(=O)[nH]1. The minimum atomic E-state index is -0.290. The summed E-state index contributed by atoms with van der Waals surface area (Å²) in [4.78, 5) is 13.4. The van der Waals surface area contributed by atoms with Crippen LogP contribution in [0.1, 0.15) is 0 Å². The van der Waals surface area contributed by atoms with E-state index in [2.05, 4.69) is 11.6 Å². The van der Waals surface area contributed by atoms with Crippen LogP contribution < -0.4 is 5.56 Å². The van der Waals surface area contributed by atoms with Crippen molar-refractivity contribution in [1.82, 2.24) is 4.98 Å². The Balaban J connectivity index is 2.85. The normalized spacial score (nSPS) is 9.67. The lowest BCUT2D eigenvalue weighted by atomic mass is 10.5. The van der Waals surface area contributed by atoms with E-state index in [9.17, 15) is 4.79 Å². The Morgan fingerprint density at radius 3 is 3.00 bits per heavy atom. The quantitative estimate of drug-likeness (QED) is 0.549. The molecule has 4 heteroatoms. The zero-order valence-corrected chi connectivity index (χ0v) is 7.23. The van der Waals surface area contributed by atoms with E-state index < -0.39 is 0 Å².